The van der Waals surface area contributed by atoms with Crippen LogP contribution >= 0.6 is 29.3 Å². The summed E-state index contributed by atoms with van der Waals surface area (Å²) < 4.78 is 2.00. The standard InChI is InChI=1S/C9H21Cl2N2P/c1-8(2)13(9(3)4)7-6-12(5)14(10)11/h8-9H,6-7H2,1-5H3. The molecule has 0 bridgehead atoms. The largest absolute Gasteiger partial charge is 0.297 e. The first-order chi connectivity index (χ1) is 6.36. The van der Waals surface area contributed by atoms with E-state index in [0.717, 1.165) is 13.1 Å². The molecule has 0 N–H and O–H groups in total. The molecule has 0 aromatic rings. The normalized spacial score (nSPS) is 12.9. The molecule has 0 heterocycles. The summed E-state index contributed by atoms with van der Waals surface area (Å²) in [5, 5.41) is 0. The number of nitrogens with zero attached hydrogens (tertiary/aromatic N) is 2. The highest BCUT2D eigenvalue weighted by Gasteiger charge is 2.15. The molecule has 0 saturated carbocycles. The predicted octanol–water partition coefficient (Wildman–Crippen LogP) is 3.74. The zero-order valence-corrected chi connectivity index (χ0v) is 12.1. The lowest BCUT2D eigenvalue weighted by Crippen LogP contribution is -2.40. The van der Waals surface area contributed by atoms with Crippen LogP contribution in [0.5, 0.6) is 0 Å². The quantitative estimate of drug-likeness (QED) is 0.670. The molecular formula is C9H21Cl2N2P. The fourth-order valence-electron chi connectivity index (χ4n) is 1.45. The Morgan fingerprint density at radius 3 is 1.71 bits per heavy atom. The van der Waals surface area contributed by atoms with Gasteiger partial charge in [0.05, 0.1) is 0 Å². The van der Waals surface area contributed by atoms with E-state index in [1.807, 2.05) is 11.7 Å². The first-order valence-electron chi connectivity index (χ1n) is 4.94. The van der Waals surface area contributed by atoms with E-state index < -0.39 is 6.78 Å². The van der Waals surface area contributed by atoms with Crippen molar-refractivity contribution in [2.24, 2.45) is 0 Å². The Bertz CT molecular complexity index is 146. The van der Waals surface area contributed by atoms with Crippen molar-refractivity contribution in [1.82, 2.24) is 9.57 Å². The van der Waals surface area contributed by atoms with Gasteiger partial charge in [-0.25, -0.2) is 0 Å². The molecule has 0 aliphatic rings. The van der Waals surface area contributed by atoms with E-state index in [0.29, 0.717) is 12.1 Å². The molecule has 0 amide bonds. The number of likely N-dealkylation sites (N-methyl/N-ethyl adjacent to an activating group) is 1. The third-order valence-corrected chi connectivity index (χ3v) is 4.53. The minimum atomic E-state index is -0.980. The molecule has 2 nitrogen and oxygen atoms in total. The Hall–Kier alpha value is 0.930. The summed E-state index contributed by atoms with van der Waals surface area (Å²) >= 11 is 11.6. The van der Waals surface area contributed by atoms with E-state index in [1.165, 1.54) is 0 Å². The van der Waals surface area contributed by atoms with Crippen LogP contribution in [-0.4, -0.2) is 41.8 Å². The van der Waals surface area contributed by atoms with Crippen molar-refractivity contribution in [2.45, 2.75) is 39.8 Å². The van der Waals surface area contributed by atoms with Crippen molar-refractivity contribution in [3.05, 3.63) is 0 Å². The van der Waals surface area contributed by atoms with Gasteiger partial charge in [0.15, 0.2) is 6.78 Å². The number of hydrogen-bond acceptors (Lipinski definition) is 2. The van der Waals surface area contributed by atoms with E-state index in [-0.39, 0.29) is 0 Å². The first-order valence-corrected chi connectivity index (χ1v) is 8.05. The van der Waals surface area contributed by atoms with Crippen LogP contribution < -0.4 is 0 Å². The van der Waals surface area contributed by atoms with Crippen molar-refractivity contribution >= 4 is 29.3 Å². The fourth-order valence-corrected chi connectivity index (χ4v) is 2.14. The average molecular weight is 259 g/mol. The maximum absolute atomic E-state index is 5.81. The van der Waals surface area contributed by atoms with Gasteiger partial charge in [-0.15, -0.1) is 0 Å². The molecule has 0 atom stereocenters. The Morgan fingerprint density at radius 2 is 1.43 bits per heavy atom. The van der Waals surface area contributed by atoms with E-state index >= 15 is 0 Å². The van der Waals surface area contributed by atoms with Gasteiger partial charge in [-0.3, -0.25) is 9.57 Å². The van der Waals surface area contributed by atoms with Gasteiger partial charge in [0.25, 0.3) is 0 Å². The zero-order chi connectivity index (χ0) is 11.3. The van der Waals surface area contributed by atoms with Crippen LogP contribution in [-0.2, 0) is 0 Å². The van der Waals surface area contributed by atoms with Crippen molar-refractivity contribution in [1.29, 1.82) is 0 Å². The molecule has 0 saturated heterocycles. The third-order valence-electron chi connectivity index (χ3n) is 2.27. The Kier molecular flexibility index (Phi) is 7.73. The Balaban J connectivity index is 3.94. The van der Waals surface area contributed by atoms with E-state index in [9.17, 15) is 0 Å². The molecule has 5 heteroatoms. The van der Waals surface area contributed by atoms with Crippen molar-refractivity contribution in [2.75, 3.05) is 20.1 Å². The minimum Gasteiger partial charge on any atom is -0.297 e. The summed E-state index contributed by atoms with van der Waals surface area (Å²) in [7, 11) is 1.96. The lowest BCUT2D eigenvalue weighted by Gasteiger charge is -2.32. The Morgan fingerprint density at radius 1 is 1.00 bits per heavy atom. The fraction of sp³-hybridized carbons (Fsp3) is 1.00. The average Bonchev–Trinajstić information content (AvgIpc) is 2.02. The topological polar surface area (TPSA) is 6.48 Å². The molecule has 0 aromatic heterocycles. The van der Waals surface area contributed by atoms with E-state index in [2.05, 4.69) is 32.6 Å². The Labute approximate surface area is 98.9 Å². The molecule has 14 heavy (non-hydrogen) atoms. The summed E-state index contributed by atoms with van der Waals surface area (Å²) in [6.45, 7) is 9.81. The third kappa shape index (κ3) is 5.72. The van der Waals surface area contributed by atoms with Gasteiger partial charge in [-0.2, -0.15) is 0 Å². The highest BCUT2D eigenvalue weighted by molar-refractivity contribution is 8.02. The molecule has 0 aliphatic heterocycles. The first kappa shape index (κ1) is 14.9. The summed E-state index contributed by atoms with van der Waals surface area (Å²) in [5.41, 5.74) is 0. The van der Waals surface area contributed by atoms with Crippen LogP contribution in [0.2, 0.25) is 0 Å². The summed E-state index contributed by atoms with van der Waals surface area (Å²) in [4.78, 5) is 2.43. The second-order valence-electron chi connectivity index (χ2n) is 4.02. The van der Waals surface area contributed by atoms with Crippen LogP contribution in [0.4, 0.5) is 0 Å². The van der Waals surface area contributed by atoms with Gasteiger partial charge in [0.2, 0.25) is 0 Å². The van der Waals surface area contributed by atoms with Crippen molar-refractivity contribution in [3.8, 4) is 0 Å². The molecule has 0 aromatic carbocycles. The summed E-state index contributed by atoms with van der Waals surface area (Å²) in [6, 6.07) is 1.14. The summed E-state index contributed by atoms with van der Waals surface area (Å²) in [6.07, 6.45) is 0. The van der Waals surface area contributed by atoms with Crippen LogP contribution in [0.15, 0.2) is 0 Å². The molecule has 0 aliphatic carbocycles. The van der Waals surface area contributed by atoms with Crippen LogP contribution in [0.1, 0.15) is 27.7 Å². The van der Waals surface area contributed by atoms with Gasteiger partial charge in [0.1, 0.15) is 0 Å². The number of rotatable bonds is 6. The highest BCUT2D eigenvalue weighted by atomic mass is 35.9. The maximum atomic E-state index is 5.81. The van der Waals surface area contributed by atoms with Crippen LogP contribution in [0.25, 0.3) is 0 Å². The molecule has 0 fully saturated rings. The van der Waals surface area contributed by atoms with Crippen molar-refractivity contribution < 1.29 is 0 Å². The molecule has 0 rings (SSSR count). The van der Waals surface area contributed by atoms with Gasteiger partial charge in [0, 0.05) is 25.2 Å². The van der Waals surface area contributed by atoms with E-state index in [4.69, 9.17) is 22.5 Å². The molecule has 0 spiro atoms. The zero-order valence-electron chi connectivity index (χ0n) is 9.67. The number of hydrogen-bond donors (Lipinski definition) is 0. The van der Waals surface area contributed by atoms with Gasteiger partial charge < -0.3 is 0 Å². The van der Waals surface area contributed by atoms with Gasteiger partial charge >= 0.3 is 0 Å². The highest BCUT2D eigenvalue weighted by Crippen LogP contribution is 2.49. The van der Waals surface area contributed by atoms with Crippen molar-refractivity contribution in [3.63, 3.8) is 0 Å². The summed E-state index contributed by atoms with van der Waals surface area (Å²) in [5.74, 6) is 0. The lowest BCUT2D eigenvalue weighted by molar-refractivity contribution is 0.168. The SMILES string of the molecule is CC(C)N(CCN(C)P(Cl)Cl)C(C)C. The second-order valence-corrected chi connectivity index (χ2v) is 7.58. The maximum Gasteiger partial charge on any atom is 0.159 e. The lowest BCUT2D eigenvalue weighted by atomic mass is 10.2. The molecular weight excluding hydrogens is 238 g/mol. The smallest absolute Gasteiger partial charge is 0.159 e. The van der Waals surface area contributed by atoms with E-state index in [1.54, 1.807) is 0 Å². The number of halogens is 2. The predicted molar refractivity (Wildman–Crippen MR) is 68.2 cm³/mol. The van der Waals surface area contributed by atoms with Gasteiger partial charge in [-0.05, 0) is 34.7 Å². The minimum absolute atomic E-state index is 0.570. The molecule has 86 valence electrons. The monoisotopic (exact) mass is 258 g/mol. The second kappa shape index (κ2) is 7.24. The van der Waals surface area contributed by atoms with Gasteiger partial charge in [-0.1, -0.05) is 22.5 Å². The van der Waals surface area contributed by atoms with Crippen LogP contribution in [0, 0.1) is 0 Å². The molecule has 0 radical (unpaired) electrons. The molecule has 0 unspecified atom stereocenters. The van der Waals surface area contributed by atoms with Crippen LogP contribution in [0.3, 0.4) is 0 Å².